The first-order chi connectivity index (χ1) is 18.5. The molecule has 212 valence electrons. The lowest BCUT2D eigenvalue weighted by Crippen LogP contribution is -2.48. The number of pyridine rings is 1. The van der Waals surface area contributed by atoms with Crippen molar-refractivity contribution in [2.45, 2.75) is 50.1 Å². The third kappa shape index (κ3) is 6.19. The molecule has 8 nitrogen and oxygen atoms in total. The number of para-hydroxylation sites is 2. The Kier molecular flexibility index (Phi) is 9.56. The first-order valence-corrected chi connectivity index (χ1v) is 13.5. The summed E-state index contributed by atoms with van der Waals surface area (Å²) in [5.41, 5.74) is 5.22. The molecule has 40 heavy (non-hydrogen) atoms. The van der Waals surface area contributed by atoms with E-state index >= 15 is 0 Å². The van der Waals surface area contributed by atoms with Crippen LogP contribution in [0, 0.1) is 0 Å². The Hall–Kier alpha value is -3.33. The van der Waals surface area contributed by atoms with E-state index in [4.69, 9.17) is 0 Å². The number of halogens is 2. The Morgan fingerprint density at radius 2 is 1.85 bits per heavy atom. The molecule has 1 saturated heterocycles. The first-order valence-electron chi connectivity index (χ1n) is 13.5. The topological polar surface area (TPSA) is 103 Å². The number of hydrogen-bond donors (Lipinski definition) is 3. The maximum absolute atomic E-state index is 13.2. The summed E-state index contributed by atoms with van der Waals surface area (Å²) >= 11 is 0. The number of carbonyl (C=O) groups excluding carboxylic acids is 1. The molecule has 1 fully saturated rings. The van der Waals surface area contributed by atoms with Crippen LogP contribution in [0.15, 0.2) is 71.8 Å². The number of aromatic hydroxyl groups is 1. The lowest BCUT2D eigenvalue weighted by Gasteiger charge is -2.36. The Balaban J connectivity index is 0.00000185. The van der Waals surface area contributed by atoms with Gasteiger partial charge in [0.2, 0.25) is 5.91 Å². The van der Waals surface area contributed by atoms with Gasteiger partial charge in [-0.15, -0.1) is 24.8 Å². The number of aryl methyl sites for hydroxylation is 1. The molecule has 0 saturated carbocycles. The van der Waals surface area contributed by atoms with Crippen molar-refractivity contribution < 1.29 is 9.90 Å². The Morgan fingerprint density at radius 1 is 1.05 bits per heavy atom. The van der Waals surface area contributed by atoms with Crippen LogP contribution in [0.4, 0.5) is 0 Å². The number of imidazole rings is 1. The molecule has 0 unspecified atom stereocenters. The number of carbonyl (C=O) groups is 1. The van der Waals surface area contributed by atoms with Crippen LogP contribution in [0.5, 0.6) is 5.75 Å². The summed E-state index contributed by atoms with van der Waals surface area (Å²) in [7, 11) is 0. The highest BCUT2D eigenvalue weighted by Crippen LogP contribution is 2.36. The van der Waals surface area contributed by atoms with Crippen molar-refractivity contribution in [3.05, 3.63) is 94.2 Å². The molecule has 2 aromatic carbocycles. The van der Waals surface area contributed by atoms with Crippen LogP contribution < -0.4 is 11.0 Å². The number of phenolic OH excluding ortho intramolecular Hbond substituents is 1. The van der Waals surface area contributed by atoms with Crippen LogP contribution in [0.2, 0.25) is 0 Å². The van der Waals surface area contributed by atoms with E-state index in [-0.39, 0.29) is 60.2 Å². The normalized spacial score (nSPS) is 19.3. The third-order valence-electron chi connectivity index (χ3n) is 8.17. The zero-order valence-electron chi connectivity index (χ0n) is 22.2. The van der Waals surface area contributed by atoms with Crippen LogP contribution in [-0.2, 0) is 17.6 Å². The average Bonchev–Trinajstić information content (AvgIpc) is 3.26. The molecular formula is C30H35Cl2N5O3. The van der Waals surface area contributed by atoms with Gasteiger partial charge in [0, 0.05) is 43.5 Å². The Morgan fingerprint density at radius 3 is 2.62 bits per heavy atom. The number of piperidine rings is 1. The van der Waals surface area contributed by atoms with E-state index in [1.165, 1.54) is 5.56 Å². The van der Waals surface area contributed by atoms with Crippen molar-refractivity contribution in [1.29, 1.82) is 0 Å². The van der Waals surface area contributed by atoms with Gasteiger partial charge in [-0.3, -0.25) is 19.2 Å². The number of H-pyrrole nitrogens is 1. The van der Waals surface area contributed by atoms with Gasteiger partial charge in [0.05, 0.1) is 17.6 Å². The number of aromatic nitrogens is 3. The van der Waals surface area contributed by atoms with E-state index in [1.54, 1.807) is 12.3 Å². The van der Waals surface area contributed by atoms with Gasteiger partial charge in [0.1, 0.15) is 5.75 Å². The molecule has 3 N–H and O–H groups in total. The second kappa shape index (κ2) is 12.9. The molecule has 0 radical (unpaired) electrons. The highest BCUT2D eigenvalue weighted by molar-refractivity contribution is 5.85. The summed E-state index contributed by atoms with van der Waals surface area (Å²) in [4.78, 5) is 35.2. The number of benzene rings is 2. The van der Waals surface area contributed by atoms with Gasteiger partial charge in [-0.2, -0.15) is 0 Å². The molecule has 4 aromatic rings. The number of aromatic amines is 1. The summed E-state index contributed by atoms with van der Waals surface area (Å²) in [6.07, 6.45) is 7.76. The van der Waals surface area contributed by atoms with Crippen LogP contribution in [0.25, 0.3) is 11.0 Å². The molecule has 2 atom stereocenters. The number of amides is 1. The Labute approximate surface area is 245 Å². The van der Waals surface area contributed by atoms with Gasteiger partial charge in [-0.25, -0.2) is 4.79 Å². The second-order valence-electron chi connectivity index (χ2n) is 10.6. The van der Waals surface area contributed by atoms with Gasteiger partial charge in [-0.1, -0.05) is 24.3 Å². The second-order valence-corrected chi connectivity index (χ2v) is 10.6. The van der Waals surface area contributed by atoms with Gasteiger partial charge in [0.15, 0.2) is 0 Å². The predicted molar refractivity (Wildman–Crippen MR) is 161 cm³/mol. The number of phenols is 1. The maximum Gasteiger partial charge on any atom is 0.326 e. The van der Waals surface area contributed by atoms with E-state index < -0.39 is 0 Å². The molecule has 1 amide bonds. The van der Waals surface area contributed by atoms with E-state index in [2.05, 4.69) is 26.3 Å². The van der Waals surface area contributed by atoms with Gasteiger partial charge in [0.25, 0.3) is 0 Å². The van der Waals surface area contributed by atoms with Crippen molar-refractivity contribution in [3.63, 3.8) is 0 Å². The predicted octanol–water partition coefficient (Wildman–Crippen LogP) is 4.37. The average molecular weight is 585 g/mol. The van der Waals surface area contributed by atoms with E-state index in [0.29, 0.717) is 6.54 Å². The Bertz CT molecular complexity index is 1500. The number of nitrogens with one attached hydrogen (secondary N) is 2. The molecule has 0 spiro atoms. The number of nitrogens with zero attached hydrogens (tertiary/aromatic N) is 3. The fourth-order valence-electron chi connectivity index (χ4n) is 6.33. The number of rotatable bonds is 6. The summed E-state index contributed by atoms with van der Waals surface area (Å²) in [5.74, 6) is 0.438. The zero-order valence-corrected chi connectivity index (χ0v) is 23.8. The van der Waals surface area contributed by atoms with Crippen LogP contribution in [0.1, 0.15) is 47.9 Å². The molecular weight excluding hydrogens is 549 g/mol. The molecule has 0 bridgehead atoms. The van der Waals surface area contributed by atoms with Crippen molar-refractivity contribution in [3.8, 4) is 5.75 Å². The van der Waals surface area contributed by atoms with Gasteiger partial charge in [-0.05, 0) is 79.1 Å². The first kappa shape index (κ1) is 29.6. The zero-order chi connectivity index (χ0) is 26.1. The minimum atomic E-state index is -0.0621. The minimum absolute atomic E-state index is 0. The lowest BCUT2D eigenvalue weighted by atomic mass is 9.76. The largest absolute Gasteiger partial charge is 0.508 e. The fraction of sp³-hybridized carbons (Fsp3) is 0.367. The van der Waals surface area contributed by atoms with Gasteiger partial charge >= 0.3 is 5.69 Å². The third-order valence-corrected chi connectivity index (χ3v) is 8.17. The summed E-state index contributed by atoms with van der Waals surface area (Å²) < 4.78 is 1.88. The number of hydrogen-bond acceptors (Lipinski definition) is 5. The number of fused-ring (bicyclic) bond motifs is 2. The summed E-state index contributed by atoms with van der Waals surface area (Å²) in [6.45, 7) is 1.90. The van der Waals surface area contributed by atoms with Crippen LogP contribution >= 0.6 is 24.8 Å². The highest BCUT2D eigenvalue weighted by Gasteiger charge is 2.32. The summed E-state index contributed by atoms with van der Waals surface area (Å²) in [6, 6.07) is 17.6. The molecule has 3 heterocycles. The van der Waals surface area contributed by atoms with Gasteiger partial charge < -0.3 is 15.4 Å². The molecule has 10 heteroatoms. The van der Waals surface area contributed by atoms with Crippen LogP contribution in [-0.4, -0.2) is 56.1 Å². The standard InChI is InChI=1S/C30H33N5O3.2ClH/c36-23-8-9-24-21(17-23)7-10-26(25(24)16-20-4-3-13-31-18-20)32-29(37)19-34-14-11-22(12-15-34)35-28-6-2-1-5-27(28)33-30(35)38;;/h1-6,8-9,13,17-18,22,25-26,36H,7,10-12,14-16,19H2,(H,32,37)(H,33,38);2*1H/t25-,26+;;/m1../s1. The van der Waals surface area contributed by atoms with Crippen molar-refractivity contribution in [2.75, 3.05) is 19.6 Å². The minimum Gasteiger partial charge on any atom is -0.508 e. The molecule has 6 rings (SSSR count). The van der Waals surface area contributed by atoms with Crippen LogP contribution in [0.3, 0.4) is 0 Å². The highest BCUT2D eigenvalue weighted by atomic mass is 35.5. The number of likely N-dealkylation sites (tertiary alicyclic amines) is 1. The molecule has 1 aliphatic carbocycles. The SMILES string of the molecule is Cl.Cl.O=C(CN1CCC(n2c(=O)[nH]c3ccccc32)CC1)N[C@H]1CCc2cc(O)ccc2[C@H]1Cc1cccnc1. The van der Waals surface area contributed by atoms with Crippen molar-refractivity contribution in [2.24, 2.45) is 0 Å². The smallest absolute Gasteiger partial charge is 0.326 e. The van der Waals surface area contributed by atoms with Crippen molar-refractivity contribution >= 4 is 41.8 Å². The maximum atomic E-state index is 13.2. The van der Waals surface area contributed by atoms with E-state index in [0.717, 1.165) is 67.4 Å². The fourth-order valence-corrected chi connectivity index (χ4v) is 6.33. The summed E-state index contributed by atoms with van der Waals surface area (Å²) in [5, 5.41) is 13.3. The molecule has 2 aliphatic rings. The molecule has 1 aliphatic heterocycles. The van der Waals surface area contributed by atoms with Crippen molar-refractivity contribution in [1.82, 2.24) is 24.8 Å². The molecule has 2 aromatic heterocycles. The van der Waals surface area contributed by atoms with E-state index in [1.807, 2.05) is 53.2 Å². The van der Waals surface area contributed by atoms with E-state index in [9.17, 15) is 14.7 Å². The monoisotopic (exact) mass is 583 g/mol. The lowest BCUT2D eigenvalue weighted by molar-refractivity contribution is -0.123. The quantitative estimate of drug-likeness (QED) is 0.313.